The van der Waals surface area contributed by atoms with Crippen molar-refractivity contribution in [1.82, 2.24) is 13.9 Å². The molecule has 6 nitrogen and oxygen atoms in total. The van der Waals surface area contributed by atoms with E-state index >= 15 is 0 Å². The molecule has 0 amide bonds. The molecule has 1 aliphatic rings. The van der Waals surface area contributed by atoms with Gasteiger partial charge in [0.05, 0.1) is 6.33 Å². The first-order valence-electron chi connectivity index (χ1n) is 6.74. The van der Waals surface area contributed by atoms with Crippen LogP contribution in [-0.4, -0.2) is 41.4 Å². The van der Waals surface area contributed by atoms with Crippen molar-refractivity contribution in [1.29, 1.82) is 0 Å². The number of sulfonamides is 1. The van der Waals surface area contributed by atoms with E-state index in [0.717, 1.165) is 12.8 Å². The number of imidazole rings is 1. The minimum absolute atomic E-state index is 0.120. The molecule has 0 aliphatic carbocycles. The smallest absolute Gasteiger partial charge is 0.262 e. The van der Waals surface area contributed by atoms with Crippen molar-refractivity contribution in [2.24, 2.45) is 11.7 Å². The van der Waals surface area contributed by atoms with Crippen molar-refractivity contribution in [3.63, 3.8) is 0 Å². The van der Waals surface area contributed by atoms with E-state index in [2.05, 4.69) is 11.9 Å². The summed E-state index contributed by atoms with van der Waals surface area (Å²) in [7, 11) is -3.52. The fourth-order valence-corrected chi connectivity index (χ4v) is 4.33. The van der Waals surface area contributed by atoms with Gasteiger partial charge < -0.3 is 10.3 Å². The molecular formula is C12H22N4O2S. The molecule has 19 heavy (non-hydrogen) atoms. The van der Waals surface area contributed by atoms with Crippen LogP contribution in [0.2, 0.25) is 0 Å². The van der Waals surface area contributed by atoms with Crippen LogP contribution in [0.1, 0.15) is 26.7 Å². The second-order valence-corrected chi connectivity index (χ2v) is 6.92. The molecule has 2 unspecified atom stereocenters. The van der Waals surface area contributed by atoms with Gasteiger partial charge in [0, 0.05) is 31.9 Å². The van der Waals surface area contributed by atoms with Crippen LogP contribution in [-0.2, 0) is 16.6 Å². The predicted octanol–water partition coefficient (Wildman–Crippen LogP) is 0.651. The lowest BCUT2D eigenvalue weighted by atomic mass is 9.93. The Bertz CT molecular complexity index is 526. The molecule has 1 aromatic heterocycles. The average Bonchev–Trinajstić information content (AvgIpc) is 2.87. The first-order chi connectivity index (χ1) is 9.00. The number of aromatic nitrogens is 2. The summed E-state index contributed by atoms with van der Waals surface area (Å²) in [5.74, 6) is 0.293. The highest BCUT2D eigenvalue weighted by molar-refractivity contribution is 7.89. The third-order valence-electron chi connectivity index (χ3n) is 3.85. The molecule has 2 N–H and O–H groups in total. The average molecular weight is 286 g/mol. The zero-order valence-electron chi connectivity index (χ0n) is 11.5. The molecule has 1 saturated heterocycles. The van der Waals surface area contributed by atoms with Crippen LogP contribution >= 0.6 is 0 Å². The van der Waals surface area contributed by atoms with Gasteiger partial charge in [0.15, 0.2) is 5.03 Å². The molecule has 0 spiro atoms. The minimum atomic E-state index is -3.52. The molecule has 0 aromatic carbocycles. The monoisotopic (exact) mass is 286 g/mol. The van der Waals surface area contributed by atoms with Gasteiger partial charge in [0.2, 0.25) is 0 Å². The number of piperidine rings is 1. The zero-order chi connectivity index (χ0) is 14.0. The fourth-order valence-electron chi connectivity index (χ4n) is 2.63. The Balaban J connectivity index is 2.32. The lowest BCUT2D eigenvalue weighted by Gasteiger charge is -2.37. The van der Waals surface area contributed by atoms with E-state index < -0.39 is 10.0 Å². The predicted molar refractivity (Wildman–Crippen MR) is 73.0 cm³/mol. The summed E-state index contributed by atoms with van der Waals surface area (Å²) >= 11 is 0. The quantitative estimate of drug-likeness (QED) is 0.881. The molecule has 1 fully saturated rings. The van der Waals surface area contributed by atoms with Crippen molar-refractivity contribution in [2.75, 3.05) is 13.1 Å². The maximum absolute atomic E-state index is 12.6. The van der Waals surface area contributed by atoms with Crippen molar-refractivity contribution in [3.05, 3.63) is 12.5 Å². The van der Waals surface area contributed by atoms with Gasteiger partial charge >= 0.3 is 0 Å². The number of nitrogens with two attached hydrogens (primary N) is 1. The summed E-state index contributed by atoms with van der Waals surface area (Å²) < 4.78 is 28.5. The van der Waals surface area contributed by atoms with Crippen molar-refractivity contribution in [2.45, 2.75) is 44.3 Å². The van der Waals surface area contributed by atoms with Gasteiger partial charge in [0.1, 0.15) is 0 Å². The van der Waals surface area contributed by atoms with E-state index in [1.54, 1.807) is 17.1 Å². The first-order valence-corrected chi connectivity index (χ1v) is 8.18. The SMILES string of the molecule is CCn1cnc(S(=O)(=O)N2CCCC(C)C2CN)c1. The molecule has 0 bridgehead atoms. The van der Waals surface area contributed by atoms with E-state index in [1.165, 1.54) is 4.31 Å². The van der Waals surface area contributed by atoms with Gasteiger partial charge in [-0.1, -0.05) is 6.92 Å². The summed E-state index contributed by atoms with van der Waals surface area (Å²) in [6.45, 7) is 5.61. The molecule has 108 valence electrons. The van der Waals surface area contributed by atoms with E-state index in [0.29, 0.717) is 25.6 Å². The van der Waals surface area contributed by atoms with Gasteiger partial charge in [-0.15, -0.1) is 0 Å². The van der Waals surface area contributed by atoms with Gasteiger partial charge in [-0.05, 0) is 25.7 Å². The highest BCUT2D eigenvalue weighted by Gasteiger charge is 2.37. The Morgan fingerprint density at radius 3 is 2.84 bits per heavy atom. The molecule has 0 saturated carbocycles. The van der Waals surface area contributed by atoms with E-state index in [9.17, 15) is 8.42 Å². The molecular weight excluding hydrogens is 264 g/mol. The Morgan fingerprint density at radius 2 is 2.26 bits per heavy atom. The van der Waals surface area contributed by atoms with Crippen LogP contribution in [0.25, 0.3) is 0 Å². The highest BCUT2D eigenvalue weighted by atomic mass is 32.2. The number of hydrogen-bond donors (Lipinski definition) is 1. The molecule has 2 heterocycles. The second kappa shape index (κ2) is 5.60. The van der Waals surface area contributed by atoms with Crippen molar-refractivity contribution in [3.8, 4) is 0 Å². The van der Waals surface area contributed by atoms with E-state index in [1.807, 2.05) is 6.92 Å². The van der Waals surface area contributed by atoms with Crippen molar-refractivity contribution < 1.29 is 8.42 Å². The van der Waals surface area contributed by atoms with E-state index in [4.69, 9.17) is 5.73 Å². The number of nitrogens with zero attached hydrogens (tertiary/aromatic N) is 3. The van der Waals surface area contributed by atoms with Gasteiger partial charge in [-0.3, -0.25) is 0 Å². The largest absolute Gasteiger partial charge is 0.336 e. The van der Waals surface area contributed by atoms with Gasteiger partial charge in [-0.2, -0.15) is 4.31 Å². The standard InChI is InChI=1S/C12H22N4O2S/c1-3-15-8-12(14-9-15)19(17,18)16-6-4-5-10(2)11(16)7-13/h8-11H,3-7,13H2,1-2H3. The van der Waals surface area contributed by atoms with Crippen LogP contribution < -0.4 is 5.73 Å². The summed E-state index contributed by atoms with van der Waals surface area (Å²) in [6, 6.07) is -0.120. The maximum Gasteiger partial charge on any atom is 0.262 e. The summed E-state index contributed by atoms with van der Waals surface area (Å²) in [5, 5.41) is 0.127. The van der Waals surface area contributed by atoms with Gasteiger partial charge in [0.25, 0.3) is 10.0 Å². The van der Waals surface area contributed by atoms with E-state index in [-0.39, 0.29) is 11.1 Å². The highest BCUT2D eigenvalue weighted by Crippen LogP contribution is 2.27. The van der Waals surface area contributed by atoms with Crippen LogP contribution in [0.3, 0.4) is 0 Å². The molecule has 2 atom stereocenters. The Morgan fingerprint density at radius 1 is 1.53 bits per heavy atom. The summed E-state index contributed by atoms with van der Waals surface area (Å²) in [6.07, 6.45) is 5.04. The minimum Gasteiger partial charge on any atom is -0.336 e. The number of hydrogen-bond acceptors (Lipinski definition) is 4. The van der Waals surface area contributed by atoms with Crippen LogP contribution in [0.15, 0.2) is 17.6 Å². The third kappa shape index (κ3) is 2.68. The first kappa shape index (κ1) is 14.5. The normalized spacial score (nSPS) is 25.6. The Hall–Kier alpha value is -0.920. The fraction of sp³-hybridized carbons (Fsp3) is 0.750. The topological polar surface area (TPSA) is 81.2 Å². The van der Waals surface area contributed by atoms with Crippen LogP contribution in [0.4, 0.5) is 0 Å². The maximum atomic E-state index is 12.6. The number of rotatable bonds is 4. The lowest BCUT2D eigenvalue weighted by molar-refractivity contribution is 0.192. The molecule has 7 heteroatoms. The molecule has 2 rings (SSSR count). The van der Waals surface area contributed by atoms with Crippen molar-refractivity contribution >= 4 is 10.0 Å². The van der Waals surface area contributed by atoms with Crippen LogP contribution in [0, 0.1) is 5.92 Å². The van der Waals surface area contributed by atoms with Gasteiger partial charge in [-0.25, -0.2) is 13.4 Å². The summed E-state index contributed by atoms with van der Waals surface area (Å²) in [4.78, 5) is 4.02. The zero-order valence-corrected chi connectivity index (χ0v) is 12.3. The Kier molecular flexibility index (Phi) is 4.27. The Labute approximate surface area is 114 Å². The molecule has 1 aromatic rings. The number of aryl methyl sites for hydroxylation is 1. The third-order valence-corrected chi connectivity index (χ3v) is 5.66. The molecule has 1 aliphatic heterocycles. The molecule has 0 radical (unpaired) electrons. The summed E-state index contributed by atoms with van der Waals surface area (Å²) in [5.41, 5.74) is 5.76. The second-order valence-electron chi connectivity index (χ2n) is 5.08. The lowest BCUT2D eigenvalue weighted by Crippen LogP contribution is -2.51. The van der Waals surface area contributed by atoms with Crippen LogP contribution in [0.5, 0.6) is 0 Å².